The molecule has 2 heterocycles. The van der Waals surface area contributed by atoms with Gasteiger partial charge in [-0.1, -0.05) is 0 Å². The number of rotatable bonds is 3. The van der Waals surface area contributed by atoms with E-state index in [0.29, 0.717) is 11.8 Å². The first-order chi connectivity index (χ1) is 7.95. The predicted molar refractivity (Wildman–Crippen MR) is 68.2 cm³/mol. The van der Waals surface area contributed by atoms with E-state index in [2.05, 4.69) is 20.8 Å². The van der Waals surface area contributed by atoms with Gasteiger partial charge in [-0.25, -0.2) is 0 Å². The van der Waals surface area contributed by atoms with Crippen LogP contribution in [0.5, 0.6) is 0 Å². The van der Waals surface area contributed by atoms with Gasteiger partial charge >= 0.3 is 0 Å². The Morgan fingerprint density at radius 1 is 0.688 bits per heavy atom. The smallest absolute Gasteiger partial charge is 0.0302 e. The van der Waals surface area contributed by atoms with Crippen molar-refractivity contribution in [3.63, 3.8) is 0 Å². The van der Waals surface area contributed by atoms with Crippen LogP contribution in [0.4, 0.5) is 0 Å². The zero-order valence-corrected chi connectivity index (χ0v) is 9.86. The number of hydrogen-bond donors (Lipinski definition) is 2. The van der Waals surface area contributed by atoms with Crippen LogP contribution in [-0.2, 0) is 0 Å². The molecule has 2 fully saturated rings. The second-order valence-corrected chi connectivity index (χ2v) is 4.70. The molecule has 2 rings (SSSR count). The first kappa shape index (κ1) is 11.7. The van der Waals surface area contributed by atoms with E-state index < -0.39 is 0 Å². The highest BCUT2D eigenvalue weighted by atomic mass is 15.2. The van der Waals surface area contributed by atoms with Crippen molar-refractivity contribution >= 4 is 12.4 Å². The predicted octanol–water partition coefficient (Wildman–Crippen LogP) is 1.04. The third-order valence-electron chi connectivity index (χ3n) is 3.39. The number of piperidine rings is 2. The van der Waals surface area contributed by atoms with E-state index >= 15 is 0 Å². The number of nitrogens with zero attached hydrogens (tertiary/aromatic N) is 2. The Morgan fingerprint density at radius 2 is 1.06 bits per heavy atom. The van der Waals surface area contributed by atoms with Gasteiger partial charge < -0.3 is 10.6 Å². The fraction of sp³-hybridized carbons (Fsp3) is 0.833. The molecule has 0 aromatic rings. The maximum atomic E-state index is 4.19. The van der Waals surface area contributed by atoms with Gasteiger partial charge in [0, 0.05) is 12.4 Å². The van der Waals surface area contributed by atoms with Gasteiger partial charge in [-0.3, -0.25) is 0 Å². The molecule has 16 heavy (non-hydrogen) atoms. The molecule has 2 aliphatic rings. The Hall–Kier alpha value is -0.740. The quantitative estimate of drug-likeness (QED) is 0.554. The first-order valence-electron chi connectivity index (χ1n) is 6.43. The topological polar surface area (TPSA) is 48.8 Å². The molecule has 0 atom stereocenters. The van der Waals surface area contributed by atoms with Crippen molar-refractivity contribution in [3.8, 4) is 0 Å². The monoisotopic (exact) mass is 222 g/mol. The minimum absolute atomic E-state index is 0.631. The van der Waals surface area contributed by atoms with Crippen molar-refractivity contribution in [2.24, 2.45) is 22.0 Å². The molecule has 2 saturated heterocycles. The fourth-order valence-corrected chi connectivity index (χ4v) is 2.25. The van der Waals surface area contributed by atoms with Gasteiger partial charge in [0.1, 0.15) is 0 Å². The largest absolute Gasteiger partial charge is 0.317 e. The van der Waals surface area contributed by atoms with Crippen molar-refractivity contribution in [1.82, 2.24) is 10.6 Å². The summed E-state index contributed by atoms with van der Waals surface area (Å²) in [7, 11) is 0. The van der Waals surface area contributed by atoms with Crippen molar-refractivity contribution in [2.75, 3.05) is 26.2 Å². The van der Waals surface area contributed by atoms with Gasteiger partial charge in [0.05, 0.1) is 0 Å². The molecular weight excluding hydrogens is 200 g/mol. The van der Waals surface area contributed by atoms with Gasteiger partial charge in [-0.15, -0.1) is 0 Å². The third-order valence-corrected chi connectivity index (χ3v) is 3.39. The lowest BCUT2D eigenvalue weighted by atomic mass is 10.00. The Balaban J connectivity index is 1.68. The Kier molecular flexibility index (Phi) is 4.96. The molecule has 90 valence electrons. The molecule has 0 aliphatic carbocycles. The van der Waals surface area contributed by atoms with Crippen LogP contribution in [0.2, 0.25) is 0 Å². The minimum atomic E-state index is 0.631. The Labute approximate surface area is 97.6 Å². The van der Waals surface area contributed by atoms with Crippen LogP contribution in [0.15, 0.2) is 10.2 Å². The van der Waals surface area contributed by atoms with E-state index in [0.717, 1.165) is 26.2 Å². The lowest BCUT2D eigenvalue weighted by Crippen LogP contribution is -2.28. The summed E-state index contributed by atoms with van der Waals surface area (Å²) in [5.41, 5.74) is 0. The Bertz CT molecular complexity index is 211. The van der Waals surface area contributed by atoms with Crippen LogP contribution >= 0.6 is 0 Å². The van der Waals surface area contributed by atoms with Crippen molar-refractivity contribution < 1.29 is 0 Å². The highest BCUT2D eigenvalue weighted by molar-refractivity contribution is 5.64. The summed E-state index contributed by atoms with van der Waals surface area (Å²) in [6.45, 7) is 4.48. The molecule has 2 aliphatic heterocycles. The zero-order valence-electron chi connectivity index (χ0n) is 9.86. The van der Waals surface area contributed by atoms with Gasteiger partial charge in [0.2, 0.25) is 0 Å². The van der Waals surface area contributed by atoms with E-state index in [1.807, 2.05) is 12.4 Å². The van der Waals surface area contributed by atoms with E-state index in [1.165, 1.54) is 25.7 Å². The van der Waals surface area contributed by atoms with Crippen LogP contribution in [0.1, 0.15) is 25.7 Å². The summed E-state index contributed by atoms with van der Waals surface area (Å²) in [6.07, 6.45) is 8.86. The second kappa shape index (κ2) is 6.76. The summed E-state index contributed by atoms with van der Waals surface area (Å²) in [6, 6.07) is 0. The summed E-state index contributed by atoms with van der Waals surface area (Å²) in [5, 5.41) is 15.1. The summed E-state index contributed by atoms with van der Waals surface area (Å²) >= 11 is 0. The number of nitrogens with one attached hydrogen (secondary N) is 2. The molecule has 0 aromatic carbocycles. The third kappa shape index (κ3) is 4.02. The average molecular weight is 222 g/mol. The van der Waals surface area contributed by atoms with Crippen molar-refractivity contribution in [3.05, 3.63) is 0 Å². The highest BCUT2D eigenvalue weighted by Crippen LogP contribution is 2.10. The van der Waals surface area contributed by atoms with Gasteiger partial charge in [0.15, 0.2) is 0 Å². The maximum absolute atomic E-state index is 4.19. The second-order valence-electron chi connectivity index (χ2n) is 4.70. The van der Waals surface area contributed by atoms with E-state index in [9.17, 15) is 0 Å². The van der Waals surface area contributed by atoms with E-state index in [4.69, 9.17) is 0 Å². The lowest BCUT2D eigenvalue weighted by molar-refractivity contribution is 0.459. The molecule has 0 amide bonds. The molecule has 0 aromatic heterocycles. The molecular formula is C12H22N4. The van der Waals surface area contributed by atoms with Crippen molar-refractivity contribution in [2.45, 2.75) is 25.7 Å². The van der Waals surface area contributed by atoms with Crippen LogP contribution in [0, 0.1) is 11.8 Å². The van der Waals surface area contributed by atoms with E-state index in [-0.39, 0.29) is 0 Å². The molecule has 0 saturated carbocycles. The molecule has 0 unspecified atom stereocenters. The maximum Gasteiger partial charge on any atom is 0.0302 e. The SMILES string of the molecule is C(=NN=CC1CCNCC1)C1CCNCC1. The van der Waals surface area contributed by atoms with Gasteiger partial charge in [-0.2, -0.15) is 10.2 Å². The minimum Gasteiger partial charge on any atom is -0.317 e. The normalized spacial score (nSPS) is 25.8. The first-order valence-corrected chi connectivity index (χ1v) is 6.43. The fourth-order valence-electron chi connectivity index (χ4n) is 2.25. The van der Waals surface area contributed by atoms with Gasteiger partial charge in [0.25, 0.3) is 0 Å². The summed E-state index contributed by atoms with van der Waals surface area (Å²) in [5.74, 6) is 1.26. The van der Waals surface area contributed by atoms with Gasteiger partial charge in [-0.05, 0) is 63.7 Å². The average Bonchev–Trinajstić information content (AvgIpc) is 2.37. The molecule has 0 spiro atoms. The van der Waals surface area contributed by atoms with E-state index in [1.54, 1.807) is 0 Å². The molecule has 4 heteroatoms. The molecule has 0 bridgehead atoms. The lowest BCUT2D eigenvalue weighted by Gasteiger charge is -2.18. The molecule has 4 nitrogen and oxygen atoms in total. The zero-order chi connectivity index (χ0) is 11.1. The van der Waals surface area contributed by atoms with Crippen LogP contribution < -0.4 is 10.6 Å². The number of hydrogen-bond acceptors (Lipinski definition) is 4. The summed E-state index contributed by atoms with van der Waals surface area (Å²) < 4.78 is 0. The standard InChI is InChI=1S/C12H22N4/c1-5-13-6-2-11(1)9-15-16-10-12-3-7-14-8-4-12/h9-14H,1-8H2. The molecule has 0 radical (unpaired) electrons. The molecule has 2 N–H and O–H groups in total. The summed E-state index contributed by atoms with van der Waals surface area (Å²) in [4.78, 5) is 0. The Morgan fingerprint density at radius 3 is 1.44 bits per heavy atom. The highest BCUT2D eigenvalue weighted by Gasteiger charge is 2.11. The van der Waals surface area contributed by atoms with Crippen molar-refractivity contribution in [1.29, 1.82) is 0 Å². The van der Waals surface area contributed by atoms with Crippen LogP contribution in [0.3, 0.4) is 0 Å². The van der Waals surface area contributed by atoms with Crippen LogP contribution in [-0.4, -0.2) is 38.6 Å². The van der Waals surface area contributed by atoms with Crippen LogP contribution in [0.25, 0.3) is 0 Å².